The van der Waals surface area contributed by atoms with E-state index in [1.54, 1.807) is 26.0 Å². The summed E-state index contributed by atoms with van der Waals surface area (Å²) in [5.41, 5.74) is 9.45. The number of nitrogens with two attached hydrogens (primary N) is 1. The Labute approximate surface area is 476 Å². The van der Waals surface area contributed by atoms with Crippen molar-refractivity contribution in [2.24, 2.45) is 11.7 Å². The van der Waals surface area contributed by atoms with E-state index in [2.05, 4.69) is 42.5 Å². The number of hydrogen-bond acceptors (Lipinski definition) is 21. The van der Waals surface area contributed by atoms with Gasteiger partial charge in [0.2, 0.25) is 0 Å². The van der Waals surface area contributed by atoms with Crippen LogP contribution in [-0.2, 0) is 35.0 Å². The molecule has 0 aliphatic heterocycles. The van der Waals surface area contributed by atoms with Gasteiger partial charge < -0.3 is 45.1 Å². The molecule has 0 saturated heterocycles. The first-order valence-corrected chi connectivity index (χ1v) is 28.4. The van der Waals surface area contributed by atoms with Gasteiger partial charge in [0.05, 0.1) is 43.2 Å². The highest BCUT2D eigenvalue weighted by Crippen LogP contribution is 2.50. The molecule has 6 aromatic rings. The lowest BCUT2D eigenvalue weighted by molar-refractivity contribution is -0.154. The molecule has 4 aliphatic carbocycles. The van der Waals surface area contributed by atoms with Crippen LogP contribution in [0, 0.1) is 29.2 Å². The van der Waals surface area contributed by atoms with Crippen LogP contribution < -0.4 is 5.73 Å². The SMILES string of the molecule is CCCSc1nc(CC2C[C@@H]2c2ccc(F)c(F)c2)c2nnn(C3C[C@H](OCC(=O)OCC)[C@@H](O)[C@H]3O)c2n1.CCCSc1nc(Cl)c2nnn(C3C[C@H](OCC(=O)OCC)[C@@H](O)[C@H]3O)c2n1.Cl.N[C@@H]1CC1c1ccc(F)c(F)c1. The molecule has 2 aromatic carbocycles. The average Bonchev–Trinajstić information content (AvgIpc) is 4.18. The number of thioether (sulfide) groups is 2. The number of halogens is 6. The molecular formula is C51H63Cl2F4N11O10S2. The number of esters is 2. The Morgan fingerprint density at radius 1 is 0.650 bits per heavy atom. The standard InChI is InChI=1S/C26H31F2N5O5S.C16H22ClN5O5S.C9H9F2N.ClH/c1-3-7-39-26-29-18(10-14-8-15(14)13-5-6-16(27)17(28)9-13)22-25(30-26)33(32-31-22)19-11-20(24(36)23(19)35)38-12-21(34)37-4-2;1-3-5-28-16-18-14(17)11-15(19-16)22(21-20-11)8-6-9(13(25)12(8)24)27-7-10(23)26-4-2;10-7-2-1-5(3-8(7)11)6-4-9(6)12;/h5-6,9,14-15,19-20,23-24,35-36H,3-4,7-8,10-12H2,1-2H3;8-9,12-13,24-25H,3-7H2,1-2H3;1-3,6,9H,4,12H2;1H/t14?,15-,19?,20+,23+,24-;8?,9-,12-,13+;6?,9-;/m101./s1. The summed E-state index contributed by atoms with van der Waals surface area (Å²) >= 11 is 9.16. The van der Waals surface area contributed by atoms with Crippen molar-refractivity contribution >= 4 is 81.8 Å². The number of aliphatic hydroxyl groups is 4. The van der Waals surface area contributed by atoms with Gasteiger partial charge in [-0.2, -0.15) is 0 Å². The smallest absolute Gasteiger partial charge is 0.332 e. The summed E-state index contributed by atoms with van der Waals surface area (Å²) in [6.45, 7) is 7.30. The van der Waals surface area contributed by atoms with E-state index >= 15 is 0 Å². The molecule has 4 fully saturated rings. The van der Waals surface area contributed by atoms with E-state index in [1.807, 2.05) is 6.92 Å². The van der Waals surface area contributed by atoms with E-state index in [4.69, 9.17) is 41.3 Å². The molecule has 0 radical (unpaired) electrons. The van der Waals surface area contributed by atoms with Gasteiger partial charge in [0, 0.05) is 36.3 Å². The molecule has 4 heterocycles. The Morgan fingerprint density at radius 3 is 1.57 bits per heavy atom. The van der Waals surface area contributed by atoms with E-state index in [0.29, 0.717) is 44.8 Å². The Hall–Kier alpha value is -4.94. The van der Waals surface area contributed by atoms with Crippen LogP contribution in [0.4, 0.5) is 17.6 Å². The third-order valence-corrected chi connectivity index (χ3v) is 16.1. The monoisotopic (exact) mass is 1200 g/mol. The molecule has 12 atom stereocenters. The highest BCUT2D eigenvalue weighted by Gasteiger charge is 2.47. The van der Waals surface area contributed by atoms with Crippen LogP contribution in [0.3, 0.4) is 0 Å². The van der Waals surface area contributed by atoms with Gasteiger partial charge in [0.25, 0.3) is 0 Å². The van der Waals surface area contributed by atoms with E-state index in [-0.39, 0.29) is 80.6 Å². The molecule has 4 aromatic heterocycles. The lowest BCUT2D eigenvalue weighted by Gasteiger charge is -2.17. The minimum absolute atomic E-state index is 0. The minimum atomic E-state index is -1.23. The number of ether oxygens (including phenoxy) is 4. The summed E-state index contributed by atoms with van der Waals surface area (Å²) in [6.07, 6.45) is -1.82. The minimum Gasteiger partial charge on any atom is -0.464 e. The van der Waals surface area contributed by atoms with Crippen LogP contribution in [-0.4, -0.2) is 163 Å². The molecule has 4 unspecified atom stereocenters. The van der Waals surface area contributed by atoms with Crippen LogP contribution >= 0.6 is 47.5 Å². The fraction of sp³-hybridized carbons (Fsp3) is 0.569. The zero-order valence-electron chi connectivity index (χ0n) is 44.0. The van der Waals surface area contributed by atoms with E-state index in [9.17, 15) is 47.6 Å². The number of rotatable bonds is 20. The van der Waals surface area contributed by atoms with Crippen molar-refractivity contribution < 1.29 is 66.5 Å². The van der Waals surface area contributed by atoms with E-state index in [0.717, 1.165) is 60.4 Å². The summed E-state index contributed by atoms with van der Waals surface area (Å²) in [6, 6.07) is 6.81. The topological polar surface area (TPSA) is 291 Å². The number of carbonyl (C=O) groups is 2. The summed E-state index contributed by atoms with van der Waals surface area (Å²) in [5.74, 6) is -2.24. The molecule has 0 amide bonds. The maximum Gasteiger partial charge on any atom is 0.332 e. The first kappa shape index (κ1) is 62.7. The number of hydrogen-bond donors (Lipinski definition) is 5. The number of aliphatic hydroxyl groups excluding tert-OH is 4. The summed E-state index contributed by atoms with van der Waals surface area (Å²) in [7, 11) is 0. The van der Waals surface area contributed by atoms with Gasteiger partial charge in [-0.1, -0.05) is 71.5 Å². The predicted octanol–water partition coefficient (Wildman–Crippen LogP) is 6.16. The number of fused-ring (bicyclic) bond motifs is 2. The van der Waals surface area contributed by atoms with Crippen LogP contribution in [0.2, 0.25) is 5.15 Å². The van der Waals surface area contributed by atoms with Crippen LogP contribution in [0.1, 0.15) is 107 Å². The zero-order chi connectivity index (χ0) is 56.7. The van der Waals surface area contributed by atoms with Gasteiger partial charge in [0.15, 0.2) is 61.1 Å². The van der Waals surface area contributed by atoms with E-state index in [1.165, 1.54) is 45.0 Å². The van der Waals surface area contributed by atoms with Gasteiger partial charge in [-0.15, -0.1) is 22.6 Å². The molecule has 29 heteroatoms. The molecule has 0 bridgehead atoms. The Morgan fingerprint density at radius 2 is 1.11 bits per heavy atom. The molecule has 4 aliphatic rings. The molecule has 436 valence electrons. The summed E-state index contributed by atoms with van der Waals surface area (Å²) in [5, 5.41) is 60.1. The van der Waals surface area contributed by atoms with E-state index < -0.39 is 83.9 Å². The van der Waals surface area contributed by atoms with Gasteiger partial charge in [-0.3, -0.25) is 0 Å². The lowest BCUT2D eigenvalue weighted by Crippen LogP contribution is -2.34. The fourth-order valence-electron chi connectivity index (χ4n) is 9.47. The molecule has 21 nitrogen and oxygen atoms in total. The summed E-state index contributed by atoms with van der Waals surface area (Å²) in [4.78, 5) is 41.3. The van der Waals surface area contributed by atoms with Crippen molar-refractivity contribution in [2.75, 3.05) is 37.9 Å². The van der Waals surface area contributed by atoms with Crippen molar-refractivity contribution in [3.8, 4) is 0 Å². The van der Waals surface area contributed by atoms with Crippen LogP contribution in [0.25, 0.3) is 22.3 Å². The third-order valence-electron chi connectivity index (χ3n) is 13.7. The Kier molecular flexibility index (Phi) is 22.2. The third kappa shape index (κ3) is 15.0. The lowest BCUT2D eigenvalue weighted by atomic mass is 10.1. The maximum atomic E-state index is 13.8. The normalized spacial score (nSPS) is 25.6. The molecule has 80 heavy (non-hydrogen) atoms. The maximum absolute atomic E-state index is 13.8. The summed E-state index contributed by atoms with van der Waals surface area (Å²) < 4.78 is 75.9. The predicted molar refractivity (Wildman–Crippen MR) is 287 cm³/mol. The van der Waals surface area contributed by atoms with Crippen LogP contribution in [0.5, 0.6) is 0 Å². The molecule has 0 spiro atoms. The largest absolute Gasteiger partial charge is 0.464 e. The molecule has 4 saturated carbocycles. The Balaban J connectivity index is 0.000000195. The van der Waals surface area contributed by atoms with Gasteiger partial charge >= 0.3 is 11.9 Å². The molecule has 6 N–H and O–H groups in total. The highest BCUT2D eigenvalue weighted by molar-refractivity contribution is 7.99. The van der Waals surface area contributed by atoms with Crippen molar-refractivity contribution in [1.82, 2.24) is 49.9 Å². The number of benzene rings is 2. The van der Waals surface area contributed by atoms with Crippen molar-refractivity contribution in [3.05, 3.63) is 81.6 Å². The molecule has 10 rings (SSSR count). The second-order valence-corrected chi connectivity index (χ2v) is 21.9. The quantitative estimate of drug-likeness (QED) is 0.0188. The average molecular weight is 1200 g/mol. The first-order chi connectivity index (χ1) is 37.9. The van der Waals surface area contributed by atoms with Crippen molar-refractivity contribution in [2.45, 2.75) is 150 Å². The second-order valence-electron chi connectivity index (χ2n) is 19.4. The molecular weight excluding hydrogens is 1140 g/mol. The number of carbonyl (C=O) groups excluding carboxylic acids is 2. The van der Waals surface area contributed by atoms with Gasteiger partial charge in [-0.25, -0.2) is 56.5 Å². The number of nitrogens with zero attached hydrogens (tertiary/aromatic N) is 10. The Bertz CT molecular complexity index is 3090. The highest BCUT2D eigenvalue weighted by atomic mass is 35.5. The van der Waals surface area contributed by atoms with Crippen molar-refractivity contribution in [1.29, 1.82) is 0 Å². The second kappa shape index (κ2) is 28.4. The first-order valence-electron chi connectivity index (χ1n) is 26.0. The van der Waals surface area contributed by atoms with Gasteiger partial charge in [0.1, 0.15) is 37.6 Å². The van der Waals surface area contributed by atoms with Crippen molar-refractivity contribution in [3.63, 3.8) is 0 Å². The fourth-order valence-corrected chi connectivity index (χ4v) is 11.1. The van der Waals surface area contributed by atoms with Crippen LogP contribution in [0.15, 0.2) is 46.7 Å². The number of aromatic nitrogens is 10. The van der Waals surface area contributed by atoms with Gasteiger partial charge in [-0.05, 0) is 93.2 Å². The zero-order valence-corrected chi connectivity index (χ0v) is 47.2.